The van der Waals surface area contributed by atoms with E-state index in [0.29, 0.717) is 35.0 Å². The highest BCUT2D eigenvalue weighted by atomic mass is 35.5. The van der Waals surface area contributed by atoms with Crippen molar-refractivity contribution in [1.29, 1.82) is 0 Å². The molecule has 29 heavy (non-hydrogen) atoms. The molecule has 150 valence electrons. The van der Waals surface area contributed by atoms with E-state index < -0.39 is 0 Å². The summed E-state index contributed by atoms with van der Waals surface area (Å²) in [6, 6.07) is 14.4. The Morgan fingerprint density at radius 3 is 2.86 bits per heavy atom. The molecular weight excluding hydrogens is 382 g/mol. The average molecular weight is 408 g/mol. The number of aromatic nitrogens is 1. The van der Waals surface area contributed by atoms with Crippen molar-refractivity contribution >= 4 is 28.4 Å². The predicted octanol–water partition coefficient (Wildman–Crippen LogP) is 4.22. The Kier molecular flexibility index (Phi) is 4.64. The maximum absolute atomic E-state index is 12.5. The number of piperidine rings is 1. The Bertz CT molecular complexity index is 1090. The molecule has 3 atom stereocenters. The highest BCUT2D eigenvalue weighted by Gasteiger charge is 2.39. The lowest BCUT2D eigenvalue weighted by molar-refractivity contribution is 0.0891. The lowest BCUT2D eigenvalue weighted by Crippen LogP contribution is -2.50. The van der Waals surface area contributed by atoms with Crippen LogP contribution in [0.1, 0.15) is 33.8 Å². The highest BCUT2D eigenvalue weighted by molar-refractivity contribution is 6.30. The van der Waals surface area contributed by atoms with E-state index in [4.69, 9.17) is 11.6 Å². The molecule has 2 aromatic carbocycles. The Morgan fingerprint density at radius 1 is 1.21 bits per heavy atom. The van der Waals surface area contributed by atoms with Crippen molar-refractivity contribution in [2.75, 3.05) is 20.1 Å². The van der Waals surface area contributed by atoms with E-state index in [0.717, 1.165) is 19.4 Å². The van der Waals surface area contributed by atoms with Gasteiger partial charge in [0.05, 0.1) is 0 Å². The first-order chi connectivity index (χ1) is 14.0. The minimum atomic E-state index is -0.0478. The third kappa shape index (κ3) is 3.24. The van der Waals surface area contributed by atoms with Crippen LogP contribution in [0.2, 0.25) is 5.02 Å². The van der Waals surface area contributed by atoms with Gasteiger partial charge in [0.1, 0.15) is 0 Å². The van der Waals surface area contributed by atoms with Gasteiger partial charge in [0, 0.05) is 59.8 Å². The molecule has 1 fully saturated rings. The number of carbonyl (C=O) groups is 1. The van der Waals surface area contributed by atoms with E-state index in [1.165, 1.54) is 22.0 Å². The number of nitrogens with one attached hydrogen (secondary N) is 1. The predicted molar refractivity (Wildman–Crippen MR) is 118 cm³/mol. The zero-order valence-electron chi connectivity index (χ0n) is 16.9. The van der Waals surface area contributed by atoms with Crippen molar-refractivity contribution in [2.24, 2.45) is 13.0 Å². The summed E-state index contributed by atoms with van der Waals surface area (Å²) < 4.78 is 2.26. The Labute approximate surface area is 176 Å². The molecule has 5 heteroatoms. The van der Waals surface area contributed by atoms with Crippen LogP contribution in [0.4, 0.5) is 0 Å². The molecule has 4 nitrogen and oxygen atoms in total. The fraction of sp³-hybridized carbons (Fsp3) is 0.375. The van der Waals surface area contributed by atoms with Gasteiger partial charge in [-0.25, -0.2) is 0 Å². The number of likely N-dealkylation sites (tertiary alicyclic amines) is 1. The first-order valence-corrected chi connectivity index (χ1v) is 10.7. The van der Waals surface area contributed by atoms with Crippen LogP contribution in [0.3, 0.4) is 0 Å². The number of fused-ring (bicyclic) bond motifs is 2. The quantitative estimate of drug-likeness (QED) is 0.705. The summed E-state index contributed by atoms with van der Waals surface area (Å²) in [5.74, 6) is 0.902. The van der Waals surface area contributed by atoms with Gasteiger partial charge in [-0.15, -0.1) is 0 Å². The number of nitrogens with zero attached hydrogens (tertiary/aromatic N) is 2. The van der Waals surface area contributed by atoms with Crippen molar-refractivity contribution in [3.05, 3.63) is 70.4 Å². The van der Waals surface area contributed by atoms with Crippen molar-refractivity contribution < 1.29 is 4.79 Å². The van der Waals surface area contributed by atoms with Crippen molar-refractivity contribution in [3.63, 3.8) is 0 Å². The maximum atomic E-state index is 12.5. The van der Waals surface area contributed by atoms with Gasteiger partial charge in [0.25, 0.3) is 5.91 Å². The Hall–Kier alpha value is -2.30. The lowest BCUT2D eigenvalue weighted by Gasteiger charge is -2.45. The third-order valence-electron chi connectivity index (χ3n) is 6.76. The van der Waals surface area contributed by atoms with Crippen LogP contribution in [-0.4, -0.2) is 41.6 Å². The number of carbonyl (C=O) groups excluding carboxylic acids is 1. The fourth-order valence-corrected chi connectivity index (χ4v) is 5.64. The lowest BCUT2D eigenvalue weighted by atomic mass is 9.72. The number of halogens is 1. The van der Waals surface area contributed by atoms with Crippen molar-refractivity contribution in [3.8, 4) is 0 Å². The summed E-state index contributed by atoms with van der Waals surface area (Å²) >= 11 is 6.03. The second-order valence-corrected chi connectivity index (χ2v) is 9.08. The van der Waals surface area contributed by atoms with Gasteiger partial charge < -0.3 is 14.8 Å². The molecule has 2 heterocycles. The van der Waals surface area contributed by atoms with Crippen molar-refractivity contribution in [1.82, 2.24) is 14.8 Å². The Balaban J connectivity index is 1.36. The second kappa shape index (κ2) is 7.19. The number of aryl methyl sites for hydroxylation is 1. The standard InChI is InChI=1S/C24H26ClN3O/c1-27-13-15(12-26-24(29)16-5-3-6-18(25)10-16)9-20-19-7-4-8-21-23(19)17(11-22(20)27)14-28(21)2/h3-8,10,14-15,20,22H,9,11-13H2,1-2H3,(H,26,29)/t15-,20+,22+/m0/s1. The summed E-state index contributed by atoms with van der Waals surface area (Å²) in [7, 11) is 4.37. The summed E-state index contributed by atoms with van der Waals surface area (Å²) in [6.45, 7) is 1.70. The minimum absolute atomic E-state index is 0.0478. The van der Waals surface area contributed by atoms with Crippen LogP contribution in [0, 0.1) is 5.92 Å². The summed E-state index contributed by atoms with van der Waals surface area (Å²) in [4.78, 5) is 15.0. The van der Waals surface area contributed by atoms with Gasteiger partial charge >= 0.3 is 0 Å². The van der Waals surface area contributed by atoms with Crippen LogP contribution >= 0.6 is 11.6 Å². The van der Waals surface area contributed by atoms with Gasteiger partial charge in [0.2, 0.25) is 0 Å². The largest absolute Gasteiger partial charge is 0.352 e. The number of hydrogen-bond donors (Lipinski definition) is 1. The molecule has 3 aromatic rings. The molecule has 1 N–H and O–H groups in total. The van der Waals surface area contributed by atoms with E-state index in [1.807, 2.05) is 12.1 Å². The van der Waals surface area contributed by atoms with Crippen molar-refractivity contribution in [2.45, 2.75) is 24.8 Å². The summed E-state index contributed by atoms with van der Waals surface area (Å²) in [6.07, 6.45) is 4.52. The summed E-state index contributed by atoms with van der Waals surface area (Å²) in [5.41, 5.74) is 4.90. The molecule has 0 saturated carbocycles. The van der Waals surface area contributed by atoms with Crippen LogP contribution in [0.25, 0.3) is 10.9 Å². The van der Waals surface area contributed by atoms with E-state index in [9.17, 15) is 4.79 Å². The van der Waals surface area contributed by atoms with Crippen LogP contribution in [-0.2, 0) is 13.5 Å². The van der Waals surface area contributed by atoms with E-state index in [2.05, 4.69) is 53.3 Å². The SMILES string of the molecule is CN1C[C@H](CNC(=O)c2cccc(Cl)c2)C[C@@H]2c3cccc4c3c(cn4C)C[C@H]21. The molecular formula is C24H26ClN3O. The van der Waals surface area contributed by atoms with Gasteiger partial charge in [-0.2, -0.15) is 0 Å². The van der Waals surface area contributed by atoms with Crippen LogP contribution in [0.15, 0.2) is 48.7 Å². The number of benzene rings is 2. The molecule has 1 aliphatic carbocycles. The average Bonchev–Trinajstić information content (AvgIpc) is 3.04. The number of amides is 1. The number of rotatable bonds is 3. The smallest absolute Gasteiger partial charge is 0.251 e. The molecule has 0 unspecified atom stereocenters. The number of hydrogen-bond acceptors (Lipinski definition) is 2. The molecule has 5 rings (SSSR count). The normalized spacial score (nSPS) is 23.8. The topological polar surface area (TPSA) is 37.3 Å². The molecule has 0 spiro atoms. The highest BCUT2D eigenvalue weighted by Crippen LogP contribution is 2.44. The zero-order valence-corrected chi connectivity index (χ0v) is 17.6. The molecule has 1 aliphatic heterocycles. The van der Waals surface area contributed by atoms with Gasteiger partial charge in [0.15, 0.2) is 0 Å². The Morgan fingerprint density at radius 2 is 2.03 bits per heavy atom. The molecule has 1 aromatic heterocycles. The number of likely N-dealkylation sites (N-methyl/N-ethyl adjacent to an activating group) is 1. The molecule has 0 bridgehead atoms. The fourth-order valence-electron chi connectivity index (χ4n) is 5.45. The van der Waals surface area contributed by atoms with Crippen LogP contribution in [0.5, 0.6) is 0 Å². The second-order valence-electron chi connectivity index (χ2n) is 8.65. The first kappa shape index (κ1) is 18.7. The molecule has 0 radical (unpaired) electrons. The monoisotopic (exact) mass is 407 g/mol. The summed E-state index contributed by atoms with van der Waals surface area (Å²) in [5, 5.41) is 5.17. The van der Waals surface area contributed by atoms with Gasteiger partial charge in [-0.1, -0.05) is 29.8 Å². The van der Waals surface area contributed by atoms with Gasteiger partial charge in [-0.05, 0) is 61.2 Å². The van der Waals surface area contributed by atoms with E-state index in [-0.39, 0.29) is 5.91 Å². The third-order valence-corrected chi connectivity index (χ3v) is 6.99. The molecule has 1 amide bonds. The zero-order chi connectivity index (χ0) is 20.1. The minimum Gasteiger partial charge on any atom is -0.352 e. The molecule has 2 aliphatic rings. The van der Waals surface area contributed by atoms with Gasteiger partial charge in [-0.3, -0.25) is 4.79 Å². The maximum Gasteiger partial charge on any atom is 0.251 e. The molecule has 1 saturated heterocycles. The van der Waals surface area contributed by atoms with E-state index in [1.54, 1.807) is 12.1 Å². The van der Waals surface area contributed by atoms with Crippen LogP contribution < -0.4 is 5.32 Å². The van der Waals surface area contributed by atoms with E-state index >= 15 is 0 Å². The first-order valence-electron chi connectivity index (χ1n) is 10.3.